The molecule has 18 heavy (non-hydrogen) atoms. The van der Waals surface area contributed by atoms with Gasteiger partial charge in [0.2, 0.25) is 0 Å². The minimum Gasteiger partial charge on any atom is -0.497 e. The van der Waals surface area contributed by atoms with Gasteiger partial charge >= 0.3 is 0 Å². The second-order valence-corrected chi connectivity index (χ2v) is 4.86. The second-order valence-electron chi connectivity index (χ2n) is 4.86. The van der Waals surface area contributed by atoms with Crippen LogP contribution in [0.3, 0.4) is 0 Å². The molecule has 4 heteroatoms. The molecule has 0 radical (unpaired) electrons. The van der Waals surface area contributed by atoms with Crippen molar-refractivity contribution in [3.63, 3.8) is 0 Å². The van der Waals surface area contributed by atoms with Gasteiger partial charge < -0.3 is 19.9 Å². The Morgan fingerprint density at radius 2 is 2.17 bits per heavy atom. The van der Waals surface area contributed by atoms with Crippen molar-refractivity contribution in [1.82, 2.24) is 5.32 Å². The number of β-amino-alcohol motifs (C(OH)–C–C–N with tert-alkyl or cyclic N) is 1. The van der Waals surface area contributed by atoms with Crippen molar-refractivity contribution in [2.24, 2.45) is 0 Å². The van der Waals surface area contributed by atoms with Crippen molar-refractivity contribution in [3.05, 3.63) is 23.8 Å². The molecule has 100 valence electrons. The molecule has 1 saturated heterocycles. The van der Waals surface area contributed by atoms with E-state index in [0.29, 0.717) is 13.0 Å². The van der Waals surface area contributed by atoms with Gasteiger partial charge in [-0.05, 0) is 37.6 Å². The highest BCUT2D eigenvalue weighted by Crippen LogP contribution is 2.29. The van der Waals surface area contributed by atoms with E-state index in [1.807, 2.05) is 18.2 Å². The summed E-state index contributed by atoms with van der Waals surface area (Å²) in [7, 11) is 3.29. The lowest BCUT2D eigenvalue weighted by atomic mass is 9.87. The second kappa shape index (κ2) is 5.59. The third-order valence-electron chi connectivity index (χ3n) is 3.46. The first kappa shape index (κ1) is 13.2. The lowest BCUT2D eigenvalue weighted by molar-refractivity contribution is 0.0164. The molecule has 1 fully saturated rings. The Morgan fingerprint density at radius 1 is 1.33 bits per heavy atom. The molecule has 2 rings (SSSR count). The van der Waals surface area contributed by atoms with Gasteiger partial charge in [0.05, 0.1) is 19.8 Å². The van der Waals surface area contributed by atoms with Gasteiger partial charge in [-0.2, -0.15) is 0 Å². The number of hydrogen-bond acceptors (Lipinski definition) is 4. The zero-order valence-electron chi connectivity index (χ0n) is 11.0. The van der Waals surface area contributed by atoms with Gasteiger partial charge in [-0.1, -0.05) is 0 Å². The van der Waals surface area contributed by atoms with E-state index in [-0.39, 0.29) is 0 Å². The summed E-state index contributed by atoms with van der Waals surface area (Å²) in [6.07, 6.45) is 2.41. The number of nitrogens with one attached hydrogen (secondary N) is 1. The highest BCUT2D eigenvalue weighted by atomic mass is 16.5. The molecule has 1 aliphatic heterocycles. The molecule has 0 spiro atoms. The van der Waals surface area contributed by atoms with Crippen molar-refractivity contribution in [2.75, 3.05) is 27.3 Å². The monoisotopic (exact) mass is 251 g/mol. The first-order chi connectivity index (χ1) is 8.67. The van der Waals surface area contributed by atoms with Crippen molar-refractivity contribution >= 4 is 0 Å². The first-order valence-electron chi connectivity index (χ1n) is 6.31. The normalized spacial score (nSPS) is 23.7. The molecule has 1 heterocycles. The maximum atomic E-state index is 10.5. The molecule has 2 N–H and O–H groups in total. The summed E-state index contributed by atoms with van der Waals surface area (Å²) in [6, 6.07) is 5.69. The number of piperidine rings is 1. The van der Waals surface area contributed by atoms with Crippen LogP contribution in [-0.4, -0.2) is 38.0 Å². The molecule has 1 aromatic carbocycles. The predicted octanol–water partition coefficient (Wildman–Crippen LogP) is 1.36. The first-order valence-corrected chi connectivity index (χ1v) is 6.31. The van der Waals surface area contributed by atoms with E-state index in [2.05, 4.69) is 5.32 Å². The van der Waals surface area contributed by atoms with Crippen molar-refractivity contribution in [3.8, 4) is 11.5 Å². The summed E-state index contributed by atoms with van der Waals surface area (Å²) in [5, 5.41) is 13.8. The lowest BCUT2D eigenvalue weighted by Crippen LogP contribution is -2.47. The number of ether oxygens (including phenoxy) is 2. The van der Waals surface area contributed by atoms with E-state index >= 15 is 0 Å². The molecule has 0 bridgehead atoms. The Kier molecular flexibility index (Phi) is 4.09. The number of benzene rings is 1. The van der Waals surface area contributed by atoms with Crippen LogP contribution in [0, 0.1) is 0 Å². The van der Waals surface area contributed by atoms with E-state index in [0.717, 1.165) is 36.4 Å². The average Bonchev–Trinajstić information content (AvgIpc) is 2.39. The van der Waals surface area contributed by atoms with Crippen LogP contribution in [-0.2, 0) is 6.42 Å². The summed E-state index contributed by atoms with van der Waals surface area (Å²) < 4.78 is 10.6. The third kappa shape index (κ3) is 2.94. The smallest absolute Gasteiger partial charge is 0.122 e. The van der Waals surface area contributed by atoms with E-state index in [1.165, 1.54) is 0 Å². The van der Waals surface area contributed by atoms with Crippen LogP contribution in [0.4, 0.5) is 0 Å². The Balaban J connectivity index is 2.20. The topological polar surface area (TPSA) is 50.7 Å². The lowest BCUT2D eigenvalue weighted by Gasteiger charge is -2.33. The predicted molar refractivity (Wildman–Crippen MR) is 70.3 cm³/mol. The number of aliphatic hydroxyl groups is 1. The van der Waals surface area contributed by atoms with Crippen LogP contribution in [0.15, 0.2) is 18.2 Å². The summed E-state index contributed by atoms with van der Waals surface area (Å²) in [4.78, 5) is 0. The van der Waals surface area contributed by atoms with Gasteiger partial charge in [-0.25, -0.2) is 0 Å². The summed E-state index contributed by atoms with van der Waals surface area (Å²) >= 11 is 0. The third-order valence-corrected chi connectivity index (χ3v) is 3.46. The van der Waals surface area contributed by atoms with E-state index < -0.39 is 5.60 Å². The molecule has 1 atom stereocenters. The van der Waals surface area contributed by atoms with Gasteiger partial charge in [0.15, 0.2) is 0 Å². The minimum atomic E-state index is -0.683. The highest BCUT2D eigenvalue weighted by Gasteiger charge is 2.30. The number of rotatable bonds is 4. The van der Waals surface area contributed by atoms with Gasteiger partial charge in [-0.3, -0.25) is 0 Å². The molecule has 1 unspecified atom stereocenters. The zero-order valence-corrected chi connectivity index (χ0v) is 11.0. The van der Waals surface area contributed by atoms with Gasteiger partial charge in [0.25, 0.3) is 0 Å². The largest absolute Gasteiger partial charge is 0.497 e. The van der Waals surface area contributed by atoms with Crippen LogP contribution in [0.1, 0.15) is 18.4 Å². The summed E-state index contributed by atoms with van der Waals surface area (Å²) in [5.74, 6) is 1.59. The van der Waals surface area contributed by atoms with E-state index in [4.69, 9.17) is 9.47 Å². The molecule has 0 saturated carbocycles. The highest BCUT2D eigenvalue weighted by molar-refractivity contribution is 5.41. The average molecular weight is 251 g/mol. The Morgan fingerprint density at radius 3 is 2.78 bits per heavy atom. The van der Waals surface area contributed by atoms with Gasteiger partial charge in [0.1, 0.15) is 11.5 Å². The Bertz CT molecular complexity index is 400. The van der Waals surface area contributed by atoms with Crippen molar-refractivity contribution in [1.29, 1.82) is 0 Å². The minimum absolute atomic E-state index is 0.584. The fraction of sp³-hybridized carbons (Fsp3) is 0.571. The molecular formula is C14H21NO3. The van der Waals surface area contributed by atoms with Crippen LogP contribution in [0.5, 0.6) is 11.5 Å². The van der Waals surface area contributed by atoms with Crippen LogP contribution < -0.4 is 14.8 Å². The maximum absolute atomic E-state index is 10.5. The van der Waals surface area contributed by atoms with E-state index in [1.54, 1.807) is 14.2 Å². The number of hydrogen-bond donors (Lipinski definition) is 2. The van der Waals surface area contributed by atoms with Crippen LogP contribution >= 0.6 is 0 Å². The summed E-state index contributed by atoms with van der Waals surface area (Å²) in [5.41, 5.74) is 0.306. The Hall–Kier alpha value is -1.26. The molecule has 0 amide bonds. The number of methoxy groups -OCH3 is 2. The van der Waals surface area contributed by atoms with Crippen molar-refractivity contribution < 1.29 is 14.6 Å². The summed E-state index contributed by atoms with van der Waals surface area (Å²) in [6.45, 7) is 1.62. The van der Waals surface area contributed by atoms with E-state index in [9.17, 15) is 5.11 Å². The maximum Gasteiger partial charge on any atom is 0.122 e. The standard InChI is InChI=1S/C14H21NO3/c1-17-12-4-5-13(18-2)11(8-12)9-14(16)6-3-7-15-10-14/h4-5,8,15-16H,3,6-7,9-10H2,1-2H3. The zero-order chi connectivity index (χ0) is 13.0. The molecule has 4 nitrogen and oxygen atoms in total. The molecule has 1 aromatic rings. The SMILES string of the molecule is COc1ccc(OC)c(CC2(O)CCCNC2)c1. The molecule has 0 aromatic heterocycles. The van der Waals surface area contributed by atoms with Gasteiger partial charge in [0, 0.05) is 18.5 Å². The van der Waals surface area contributed by atoms with Gasteiger partial charge in [-0.15, -0.1) is 0 Å². The fourth-order valence-corrected chi connectivity index (χ4v) is 2.48. The van der Waals surface area contributed by atoms with Crippen molar-refractivity contribution in [2.45, 2.75) is 24.9 Å². The fourth-order valence-electron chi connectivity index (χ4n) is 2.48. The molecule has 0 aliphatic carbocycles. The Labute approximate surface area is 108 Å². The molecule has 1 aliphatic rings. The molecular weight excluding hydrogens is 230 g/mol. The quantitative estimate of drug-likeness (QED) is 0.848. The van der Waals surface area contributed by atoms with Crippen LogP contribution in [0.25, 0.3) is 0 Å². The van der Waals surface area contributed by atoms with Crippen LogP contribution in [0.2, 0.25) is 0 Å².